The van der Waals surface area contributed by atoms with E-state index in [1.165, 1.54) is 6.20 Å². The predicted molar refractivity (Wildman–Crippen MR) is 126 cm³/mol. The zero-order chi connectivity index (χ0) is 24.4. The van der Waals surface area contributed by atoms with Gasteiger partial charge in [0.15, 0.2) is 5.78 Å². The lowest BCUT2D eigenvalue weighted by atomic mass is 10.0. The number of carbonyl (C=O) groups is 4. The number of ketones is 1. The summed E-state index contributed by atoms with van der Waals surface area (Å²) in [6, 6.07) is 7.96. The van der Waals surface area contributed by atoms with Crippen molar-refractivity contribution < 1.29 is 19.2 Å². The number of amides is 3. The number of Topliss-reactive ketones (excluding diaryl/α,β-unsaturated/α-hetero) is 1. The Balaban J connectivity index is 1.51. The number of carbonyl (C=O) groups excluding carboxylic acids is 4. The van der Waals surface area contributed by atoms with Gasteiger partial charge in [-0.1, -0.05) is 13.8 Å². The zero-order valence-corrected chi connectivity index (χ0v) is 19.3. The maximum atomic E-state index is 13.6. The molecule has 0 saturated carbocycles. The van der Waals surface area contributed by atoms with E-state index in [1.54, 1.807) is 52.4 Å². The van der Waals surface area contributed by atoms with E-state index in [1.807, 2.05) is 13.8 Å². The van der Waals surface area contributed by atoms with Gasteiger partial charge in [-0.2, -0.15) is 0 Å². The molecule has 2 fully saturated rings. The van der Waals surface area contributed by atoms with Crippen LogP contribution in [-0.2, 0) is 9.59 Å². The van der Waals surface area contributed by atoms with Crippen LogP contribution >= 0.6 is 0 Å². The smallest absolute Gasteiger partial charge is 0.256 e. The molecule has 34 heavy (non-hydrogen) atoms. The Morgan fingerprint density at radius 1 is 1.12 bits per heavy atom. The minimum Gasteiger partial charge on any atom is -0.399 e. The van der Waals surface area contributed by atoms with Gasteiger partial charge in [-0.15, -0.1) is 0 Å². The second-order valence-corrected chi connectivity index (χ2v) is 9.25. The highest BCUT2D eigenvalue weighted by atomic mass is 16.2. The Labute approximate surface area is 198 Å². The van der Waals surface area contributed by atoms with Crippen molar-refractivity contribution in [3.8, 4) is 0 Å². The molecule has 2 aliphatic rings. The quantitative estimate of drug-likeness (QED) is 0.626. The van der Waals surface area contributed by atoms with Crippen LogP contribution in [0.15, 0.2) is 48.8 Å². The number of likely N-dealkylation sites (tertiary alicyclic amines) is 2. The van der Waals surface area contributed by atoms with E-state index in [-0.39, 0.29) is 42.0 Å². The van der Waals surface area contributed by atoms with Crippen molar-refractivity contribution in [2.24, 2.45) is 5.92 Å². The average Bonchev–Trinajstić information content (AvgIpc) is 3.39. The van der Waals surface area contributed by atoms with Crippen LogP contribution in [0.4, 0.5) is 5.69 Å². The van der Waals surface area contributed by atoms with Gasteiger partial charge in [0.05, 0.1) is 18.2 Å². The molecule has 2 saturated heterocycles. The van der Waals surface area contributed by atoms with Gasteiger partial charge in [0, 0.05) is 30.2 Å². The maximum absolute atomic E-state index is 13.6. The molecule has 4 rings (SSSR count). The molecule has 3 heterocycles. The summed E-state index contributed by atoms with van der Waals surface area (Å²) in [6.45, 7) is 4.25. The number of fused-ring (bicyclic) bond motifs is 1. The number of nitrogens with zero attached hydrogens (tertiary/aromatic N) is 3. The summed E-state index contributed by atoms with van der Waals surface area (Å²) >= 11 is 0. The molecule has 3 unspecified atom stereocenters. The Morgan fingerprint density at radius 3 is 2.50 bits per heavy atom. The molecule has 1 aromatic carbocycles. The zero-order valence-electron chi connectivity index (χ0n) is 19.3. The summed E-state index contributed by atoms with van der Waals surface area (Å²) in [5, 5.41) is 2.84. The maximum Gasteiger partial charge on any atom is 0.256 e. The first kappa shape index (κ1) is 23.4. The van der Waals surface area contributed by atoms with E-state index < -0.39 is 12.1 Å². The summed E-state index contributed by atoms with van der Waals surface area (Å²) < 4.78 is 0. The highest BCUT2D eigenvalue weighted by Gasteiger charge is 2.52. The van der Waals surface area contributed by atoms with Crippen molar-refractivity contribution in [3.63, 3.8) is 0 Å². The summed E-state index contributed by atoms with van der Waals surface area (Å²) in [4.78, 5) is 59.4. The minimum atomic E-state index is -0.778. The number of hydrogen-bond acceptors (Lipinski definition) is 6. The van der Waals surface area contributed by atoms with E-state index in [0.29, 0.717) is 36.2 Å². The SMILES string of the molecule is CC(C)CC(NC(=O)c1ccc(N)cc1)C(=O)N1CCC2C1C(=O)CN2C(=O)c1cccnc1. The number of aromatic nitrogens is 1. The van der Waals surface area contributed by atoms with Crippen molar-refractivity contribution in [3.05, 3.63) is 59.9 Å². The van der Waals surface area contributed by atoms with Crippen LogP contribution in [0.25, 0.3) is 0 Å². The molecule has 0 aliphatic carbocycles. The number of nitrogen functional groups attached to an aromatic ring is 1. The molecule has 3 atom stereocenters. The van der Waals surface area contributed by atoms with Crippen molar-refractivity contribution in [2.45, 2.75) is 44.8 Å². The number of rotatable bonds is 6. The van der Waals surface area contributed by atoms with Crippen LogP contribution in [0.2, 0.25) is 0 Å². The molecule has 2 aromatic rings. The molecule has 1 aromatic heterocycles. The van der Waals surface area contributed by atoms with Crippen molar-refractivity contribution in [2.75, 3.05) is 18.8 Å². The number of hydrogen-bond donors (Lipinski definition) is 2. The van der Waals surface area contributed by atoms with Crippen molar-refractivity contribution in [1.82, 2.24) is 20.1 Å². The van der Waals surface area contributed by atoms with Crippen LogP contribution in [0.3, 0.4) is 0 Å². The highest BCUT2D eigenvalue weighted by Crippen LogP contribution is 2.31. The lowest BCUT2D eigenvalue weighted by Crippen LogP contribution is -2.53. The van der Waals surface area contributed by atoms with E-state index in [0.717, 1.165) is 0 Å². The van der Waals surface area contributed by atoms with Gasteiger partial charge in [-0.25, -0.2) is 0 Å². The number of benzene rings is 1. The molecule has 3 N–H and O–H groups in total. The van der Waals surface area contributed by atoms with Crippen molar-refractivity contribution >= 4 is 29.2 Å². The van der Waals surface area contributed by atoms with Gasteiger partial charge in [0.2, 0.25) is 5.91 Å². The van der Waals surface area contributed by atoms with Gasteiger partial charge in [0.25, 0.3) is 11.8 Å². The third-order valence-corrected chi connectivity index (χ3v) is 6.36. The van der Waals surface area contributed by atoms with Crippen LogP contribution in [-0.4, -0.2) is 69.5 Å². The van der Waals surface area contributed by atoms with Crippen LogP contribution < -0.4 is 11.1 Å². The molecule has 178 valence electrons. The highest BCUT2D eigenvalue weighted by molar-refractivity contribution is 6.03. The predicted octanol–water partition coefficient (Wildman–Crippen LogP) is 1.50. The van der Waals surface area contributed by atoms with Crippen molar-refractivity contribution in [1.29, 1.82) is 0 Å². The summed E-state index contributed by atoms with van der Waals surface area (Å²) in [6.07, 6.45) is 4.00. The number of anilines is 1. The summed E-state index contributed by atoms with van der Waals surface area (Å²) in [7, 11) is 0. The largest absolute Gasteiger partial charge is 0.399 e. The van der Waals surface area contributed by atoms with Gasteiger partial charge >= 0.3 is 0 Å². The third kappa shape index (κ3) is 4.64. The van der Waals surface area contributed by atoms with Gasteiger partial charge in [0.1, 0.15) is 12.1 Å². The van der Waals surface area contributed by atoms with E-state index in [4.69, 9.17) is 5.73 Å². The fraction of sp³-hybridized carbons (Fsp3) is 0.400. The first-order valence-corrected chi connectivity index (χ1v) is 11.5. The molecule has 9 heteroatoms. The summed E-state index contributed by atoms with van der Waals surface area (Å²) in [5.74, 6) is -0.961. The standard InChI is InChI=1S/C25H29N5O4/c1-15(2)12-19(28-23(32)16-5-7-18(26)8-6-16)25(34)29-11-9-20-22(29)21(31)14-30(20)24(33)17-4-3-10-27-13-17/h3-8,10,13,15,19-20,22H,9,11-12,14,26H2,1-2H3,(H,28,32). The second-order valence-electron chi connectivity index (χ2n) is 9.25. The third-order valence-electron chi connectivity index (χ3n) is 6.36. The number of nitrogens with one attached hydrogen (secondary N) is 1. The van der Waals surface area contributed by atoms with Crippen LogP contribution in [0.1, 0.15) is 47.4 Å². The fourth-order valence-electron chi connectivity index (χ4n) is 4.76. The van der Waals surface area contributed by atoms with Gasteiger partial charge < -0.3 is 20.9 Å². The molecular formula is C25H29N5O4. The average molecular weight is 464 g/mol. The van der Waals surface area contributed by atoms with Crippen LogP contribution in [0.5, 0.6) is 0 Å². The van der Waals surface area contributed by atoms with E-state index in [9.17, 15) is 19.2 Å². The van der Waals surface area contributed by atoms with E-state index >= 15 is 0 Å². The summed E-state index contributed by atoms with van der Waals surface area (Å²) in [5.41, 5.74) is 7.06. The molecule has 9 nitrogen and oxygen atoms in total. The number of pyridine rings is 1. The molecule has 3 amide bonds. The monoisotopic (exact) mass is 463 g/mol. The Hall–Kier alpha value is -3.75. The molecule has 0 spiro atoms. The van der Waals surface area contributed by atoms with Gasteiger partial charge in [-0.3, -0.25) is 24.2 Å². The van der Waals surface area contributed by atoms with Crippen LogP contribution in [0, 0.1) is 5.92 Å². The lowest BCUT2D eigenvalue weighted by molar-refractivity contribution is -0.138. The number of nitrogens with two attached hydrogens (primary N) is 1. The second kappa shape index (κ2) is 9.62. The van der Waals surface area contributed by atoms with Gasteiger partial charge in [-0.05, 0) is 55.2 Å². The lowest BCUT2D eigenvalue weighted by Gasteiger charge is -2.29. The molecule has 2 aliphatic heterocycles. The Morgan fingerprint density at radius 2 is 1.85 bits per heavy atom. The molecular weight excluding hydrogens is 434 g/mol. The molecule has 0 radical (unpaired) electrons. The van der Waals surface area contributed by atoms with E-state index in [2.05, 4.69) is 10.3 Å². The first-order chi connectivity index (χ1) is 16.3. The first-order valence-electron chi connectivity index (χ1n) is 11.5. The minimum absolute atomic E-state index is 0.0422. The Bertz CT molecular complexity index is 1090. The topological polar surface area (TPSA) is 126 Å². The Kier molecular flexibility index (Phi) is 6.63. The molecule has 0 bridgehead atoms. The normalized spacial score (nSPS) is 20.4. The fourth-order valence-corrected chi connectivity index (χ4v) is 4.76.